The second-order valence-corrected chi connectivity index (χ2v) is 7.07. The third-order valence-corrected chi connectivity index (χ3v) is 5.27. The molecule has 0 spiro atoms. The SMILES string of the molecule is CC(C)C1CCCC(NCCN2CCCCC2)CC1. The highest BCUT2D eigenvalue weighted by Crippen LogP contribution is 2.28. The fourth-order valence-corrected chi connectivity index (χ4v) is 3.81. The molecule has 112 valence electrons. The Labute approximate surface area is 120 Å². The van der Waals surface area contributed by atoms with Gasteiger partial charge in [0.05, 0.1) is 0 Å². The van der Waals surface area contributed by atoms with Crippen molar-refractivity contribution in [3.8, 4) is 0 Å². The van der Waals surface area contributed by atoms with Crippen LogP contribution in [0.5, 0.6) is 0 Å². The molecule has 2 fully saturated rings. The Morgan fingerprint density at radius 2 is 1.74 bits per heavy atom. The number of nitrogens with one attached hydrogen (secondary N) is 1. The van der Waals surface area contributed by atoms with E-state index in [9.17, 15) is 0 Å². The zero-order valence-electron chi connectivity index (χ0n) is 13.2. The molecule has 1 aliphatic heterocycles. The number of rotatable bonds is 5. The van der Waals surface area contributed by atoms with Crippen molar-refractivity contribution in [2.45, 2.75) is 71.3 Å². The van der Waals surface area contributed by atoms with E-state index in [4.69, 9.17) is 0 Å². The van der Waals surface area contributed by atoms with E-state index >= 15 is 0 Å². The number of piperidine rings is 1. The molecule has 0 aromatic heterocycles. The third kappa shape index (κ3) is 5.43. The van der Waals surface area contributed by atoms with Crippen LogP contribution in [0.1, 0.15) is 65.2 Å². The molecule has 0 aromatic rings. The molecule has 0 bridgehead atoms. The standard InChI is InChI=1S/C17H34N2/c1-15(2)16-7-6-8-17(10-9-16)18-11-14-19-12-4-3-5-13-19/h15-18H,3-14H2,1-2H3. The number of hydrogen-bond donors (Lipinski definition) is 1. The molecule has 1 heterocycles. The molecular formula is C17H34N2. The Bertz CT molecular complexity index is 233. The van der Waals surface area contributed by atoms with Crippen LogP contribution in [-0.2, 0) is 0 Å². The average Bonchev–Trinajstić information content (AvgIpc) is 2.66. The molecule has 2 heteroatoms. The Kier molecular flexibility index (Phi) is 6.66. The van der Waals surface area contributed by atoms with Crippen LogP contribution in [0.25, 0.3) is 0 Å². The minimum Gasteiger partial charge on any atom is -0.313 e. The van der Waals surface area contributed by atoms with Gasteiger partial charge in [-0.2, -0.15) is 0 Å². The number of hydrogen-bond acceptors (Lipinski definition) is 2. The quantitative estimate of drug-likeness (QED) is 0.764. The Hall–Kier alpha value is -0.0800. The summed E-state index contributed by atoms with van der Waals surface area (Å²) in [5.41, 5.74) is 0. The molecule has 1 saturated carbocycles. The van der Waals surface area contributed by atoms with E-state index in [1.165, 1.54) is 77.5 Å². The summed E-state index contributed by atoms with van der Waals surface area (Å²) in [5.74, 6) is 1.86. The van der Waals surface area contributed by atoms with Crippen molar-refractivity contribution < 1.29 is 0 Å². The van der Waals surface area contributed by atoms with Crippen LogP contribution in [0.2, 0.25) is 0 Å². The zero-order chi connectivity index (χ0) is 13.5. The third-order valence-electron chi connectivity index (χ3n) is 5.27. The lowest BCUT2D eigenvalue weighted by Crippen LogP contribution is -2.39. The minimum atomic E-state index is 0.800. The van der Waals surface area contributed by atoms with Gasteiger partial charge < -0.3 is 10.2 Å². The molecule has 2 aliphatic rings. The lowest BCUT2D eigenvalue weighted by Gasteiger charge is -2.27. The van der Waals surface area contributed by atoms with Gasteiger partial charge in [-0.15, -0.1) is 0 Å². The topological polar surface area (TPSA) is 15.3 Å². The number of likely N-dealkylation sites (tertiary alicyclic amines) is 1. The highest BCUT2D eigenvalue weighted by molar-refractivity contribution is 4.77. The Morgan fingerprint density at radius 1 is 0.947 bits per heavy atom. The van der Waals surface area contributed by atoms with Gasteiger partial charge in [0.25, 0.3) is 0 Å². The molecule has 2 unspecified atom stereocenters. The van der Waals surface area contributed by atoms with E-state index < -0.39 is 0 Å². The summed E-state index contributed by atoms with van der Waals surface area (Å²) in [4.78, 5) is 2.64. The fourth-order valence-electron chi connectivity index (χ4n) is 3.81. The van der Waals surface area contributed by atoms with Gasteiger partial charge in [-0.3, -0.25) is 0 Å². The predicted molar refractivity (Wildman–Crippen MR) is 83.5 cm³/mol. The van der Waals surface area contributed by atoms with E-state index in [2.05, 4.69) is 24.1 Å². The van der Waals surface area contributed by atoms with Crippen molar-refractivity contribution in [1.29, 1.82) is 0 Å². The highest BCUT2D eigenvalue weighted by atomic mass is 15.1. The number of nitrogens with zero attached hydrogens (tertiary/aromatic N) is 1. The van der Waals surface area contributed by atoms with Crippen molar-refractivity contribution in [1.82, 2.24) is 10.2 Å². The van der Waals surface area contributed by atoms with Gasteiger partial charge in [0.15, 0.2) is 0 Å². The summed E-state index contributed by atoms with van der Waals surface area (Å²) in [6.07, 6.45) is 11.4. The van der Waals surface area contributed by atoms with Crippen molar-refractivity contribution in [3.63, 3.8) is 0 Å². The Morgan fingerprint density at radius 3 is 2.47 bits per heavy atom. The summed E-state index contributed by atoms with van der Waals surface area (Å²) < 4.78 is 0. The molecule has 0 amide bonds. The fraction of sp³-hybridized carbons (Fsp3) is 1.00. The van der Waals surface area contributed by atoms with Crippen LogP contribution in [0, 0.1) is 11.8 Å². The summed E-state index contributed by atoms with van der Waals surface area (Å²) >= 11 is 0. The second-order valence-electron chi connectivity index (χ2n) is 7.07. The first-order valence-corrected chi connectivity index (χ1v) is 8.71. The lowest BCUT2D eigenvalue weighted by atomic mass is 9.89. The van der Waals surface area contributed by atoms with E-state index in [1.807, 2.05) is 0 Å². The average molecular weight is 266 g/mol. The van der Waals surface area contributed by atoms with Crippen molar-refractivity contribution in [2.24, 2.45) is 11.8 Å². The monoisotopic (exact) mass is 266 g/mol. The molecule has 1 N–H and O–H groups in total. The Balaban J connectivity index is 1.60. The summed E-state index contributed by atoms with van der Waals surface area (Å²) in [7, 11) is 0. The summed E-state index contributed by atoms with van der Waals surface area (Å²) in [5, 5.41) is 3.83. The second kappa shape index (κ2) is 8.26. The first-order valence-electron chi connectivity index (χ1n) is 8.71. The van der Waals surface area contributed by atoms with E-state index in [0.717, 1.165) is 17.9 Å². The van der Waals surface area contributed by atoms with E-state index in [-0.39, 0.29) is 0 Å². The molecule has 2 atom stereocenters. The van der Waals surface area contributed by atoms with Crippen molar-refractivity contribution >= 4 is 0 Å². The molecule has 2 rings (SSSR count). The predicted octanol–water partition coefficient (Wildman–Crippen LogP) is 3.67. The van der Waals surface area contributed by atoms with Crippen LogP contribution in [0.4, 0.5) is 0 Å². The van der Waals surface area contributed by atoms with Gasteiger partial charge in [0.1, 0.15) is 0 Å². The molecule has 1 saturated heterocycles. The smallest absolute Gasteiger partial charge is 0.0107 e. The molecule has 19 heavy (non-hydrogen) atoms. The molecule has 2 nitrogen and oxygen atoms in total. The van der Waals surface area contributed by atoms with Crippen LogP contribution in [0.15, 0.2) is 0 Å². The molecular weight excluding hydrogens is 232 g/mol. The van der Waals surface area contributed by atoms with Gasteiger partial charge in [-0.25, -0.2) is 0 Å². The first-order chi connectivity index (χ1) is 9.25. The first kappa shape index (κ1) is 15.3. The van der Waals surface area contributed by atoms with Gasteiger partial charge in [-0.05, 0) is 57.0 Å². The van der Waals surface area contributed by atoms with Gasteiger partial charge >= 0.3 is 0 Å². The maximum atomic E-state index is 3.83. The maximum Gasteiger partial charge on any atom is 0.0107 e. The van der Waals surface area contributed by atoms with E-state index in [0.29, 0.717) is 0 Å². The van der Waals surface area contributed by atoms with Crippen LogP contribution < -0.4 is 5.32 Å². The summed E-state index contributed by atoms with van der Waals surface area (Å²) in [6, 6.07) is 0.800. The van der Waals surface area contributed by atoms with Gasteiger partial charge in [0, 0.05) is 19.1 Å². The van der Waals surface area contributed by atoms with E-state index in [1.54, 1.807) is 0 Å². The summed E-state index contributed by atoms with van der Waals surface area (Å²) in [6.45, 7) is 9.94. The molecule has 1 aliphatic carbocycles. The zero-order valence-corrected chi connectivity index (χ0v) is 13.2. The van der Waals surface area contributed by atoms with Gasteiger partial charge in [0.2, 0.25) is 0 Å². The molecule has 0 radical (unpaired) electrons. The van der Waals surface area contributed by atoms with Crippen molar-refractivity contribution in [3.05, 3.63) is 0 Å². The highest BCUT2D eigenvalue weighted by Gasteiger charge is 2.20. The molecule has 0 aromatic carbocycles. The van der Waals surface area contributed by atoms with Crippen LogP contribution >= 0.6 is 0 Å². The maximum absolute atomic E-state index is 3.83. The van der Waals surface area contributed by atoms with Gasteiger partial charge in [-0.1, -0.05) is 33.1 Å². The largest absolute Gasteiger partial charge is 0.313 e. The lowest BCUT2D eigenvalue weighted by molar-refractivity contribution is 0.224. The van der Waals surface area contributed by atoms with Crippen molar-refractivity contribution in [2.75, 3.05) is 26.2 Å². The van der Waals surface area contributed by atoms with Crippen LogP contribution in [0.3, 0.4) is 0 Å². The van der Waals surface area contributed by atoms with Crippen LogP contribution in [-0.4, -0.2) is 37.1 Å². The normalized spacial score (nSPS) is 30.5. The minimum absolute atomic E-state index is 0.800.